The van der Waals surface area contributed by atoms with E-state index in [1.165, 1.54) is 10.5 Å². The quantitative estimate of drug-likeness (QED) is 0.337. The van der Waals surface area contributed by atoms with Gasteiger partial charge in [0.05, 0.1) is 5.69 Å². The third-order valence-electron chi connectivity index (χ3n) is 5.95. The van der Waals surface area contributed by atoms with Gasteiger partial charge in [-0.15, -0.1) is 0 Å². The highest BCUT2D eigenvalue weighted by Crippen LogP contribution is 2.28. The zero-order valence-electron chi connectivity index (χ0n) is 19.5. The van der Waals surface area contributed by atoms with Gasteiger partial charge in [0, 0.05) is 17.1 Å². The molecule has 2 amide bonds. The molecule has 0 spiro atoms. The highest BCUT2D eigenvalue weighted by Gasteiger charge is 2.35. The molecule has 168 valence electrons. The first-order chi connectivity index (χ1) is 15.7. The summed E-state index contributed by atoms with van der Waals surface area (Å²) in [6.07, 6.45) is 2.58. The van der Waals surface area contributed by atoms with Crippen LogP contribution in [0.4, 0.5) is 5.69 Å². The molecule has 2 heterocycles. The molecule has 1 aliphatic rings. The number of carbonyl (C=O) groups excluding carboxylic acids is 2. The molecule has 1 fully saturated rings. The number of amides is 2. The molecule has 0 atom stereocenters. The van der Waals surface area contributed by atoms with Crippen LogP contribution in [-0.2, 0) is 16.0 Å². The molecule has 2 aromatic carbocycles. The summed E-state index contributed by atoms with van der Waals surface area (Å²) in [5, 5.41) is 2.77. The Balaban J connectivity index is 1.79. The lowest BCUT2D eigenvalue weighted by molar-refractivity contribution is -0.122. The molecule has 6 heteroatoms. The smallest absolute Gasteiger partial charge is 0.270 e. The number of carbonyl (C=O) groups is 2. The van der Waals surface area contributed by atoms with Crippen molar-refractivity contribution in [2.75, 3.05) is 4.90 Å². The van der Waals surface area contributed by atoms with E-state index in [-0.39, 0.29) is 10.7 Å². The number of thiocarbonyl (C=S) groups is 1. The Morgan fingerprint density at radius 2 is 1.64 bits per heavy atom. The van der Waals surface area contributed by atoms with Crippen LogP contribution < -0.4 is 10.2 Å². The number of para-hydroxylation sites is 1. The Kier molecular flexibility index (Phi) is 6.04. The number of nitrogens with zero attached hydrogens (tertiary/aromatic N) is 2. The van der Waals surface area contributed by atoms with Gasteiger partial charge in [0.25, 0.3) is 11.8 Å². The van der Waals surface area contributed by atoms with Gasteiger partial charge >= 0.3 is 0 Å². The number of anilines is 1. The lowest BCUT2D eigenvalue weighted by atomic mass is 10.1. The van der Waals surface area contributed by atoms with Gasteiger partial charge in [-0.1, -0.05) is 31.2 Å². The van der Waals surface area contributed by atoms with Crippen LogP contribution in [0.3, 0.4) is 0 Å². The molecule has 0 saturated carbocycles. The van der Waals surface area contributed by atoms with E-state index in [9.17, 15) is 9.59 Å². The van der Waals surface area contributed by atoms with E-state index in [0.29, 0.717) is 5.69 Å². The lowest BCUT2D eigenvalue weighted by Gasteiger charge is -2.29. The van der Waals surface area contributed by atoms with Crippen molar-refractivity contribution in [3.8, 4) is 5.69 Å². The Labute approximate surface area is 199 Å². The molecule has 33 heavy (non-hydrogen) atoms. The Morgan fingerprint density at radius 3 is 2.30 bits per heavy atom. The Morgan fingerprint density at radius 1 is 0.970 bits per heavy atom. The monoisotopic (exact) mass is 457 g/mol. The third-order valence-corrected chi connectivity index (χ3v) is 6.23. The standard InChI is InChI=1S/C27H27N3O2S/c1-6-20-9-7-8-10-24(20)29-18(4)14-21(19(29)5)15-23-25(31)28-27(33)30(26(23)32)22-12-16(2)11-17(3)13-22/h7-15H,6H2,1-5H3,(H,28,31,33)/b23-15+. The fourth-order valence-corrected chi connectivity index (χ4v) is 4.74. The molecule has 3 aromatic rings. The maximum absolute atomic E-state index is 13.4. The van der Waals surface area contributed by atoms with Gasteiger partial charge in [-0.05, 0) is 98.9 Å². The average molecular weight is 458 g/mol. The van der Waals surface area contributed by atoms with Crippen LogP contribution in [0, 0.1) is 27.7 Å². The normalized spacial score (nSPS) is 15.4. The molecule has 0 unspecified atom stereocenters. The van der Waals surface area contributed by atoms with Crippen molar-refractivity contribution < 1.29 is 9.59 Å². The van der Waals surface area contributed by atoms with Gasteiger partial charge < -0.3 is 4.57 Å². The minimum absolute atomic E-state index is 0.0618. The van der Waals surface area contributed by atoms with Crippen LogP contribution in [0.5, 0.6) is 0 Å². The van der Waals surface area contributed by atoms with Crippen molar-refractivity contribution in [2.24, 2.45) is 0 Å². The fraction of sp³-hybridized carbons (Fsp3) is 0.222. The van der Waals surface area contributed by atoms with Crippen LogP contribution in [0.15, 0.2) is 54.1 Å². The van der Waals surface area contributed by atoms with E-state index in [1.807, 2.05) is 64.1 Å². The molecule has 1 saturated heterocycles. The maximum Gasteiger partial charge on any atom is 0.270 e. The summed E-state index contributed by atoms with van der Waals surface area (Å²) in [6.45, 7) is 10.1. The lowest BCUT2D eigenvalue weighted by Crippen LogP contribution is -2.54. The first kappa shape index (κ1) is 22.7. The summed E-state index contributed by atoms with van der Waals surface area (Å²) in [5.41, 5.74) is 7.90. The summed E-state index contributed by atoms with van der Waals surface area (Å²) < 4.78 is 2.17. The van der Waals surface area contributed by atoms with Crippen LogP contribution >= 0.6 is 12.2 Å². The second-order valence-corrected chi connectivity index (χ2v) is 8.83. The number of benzene rings is 2. The van der Waals surface area contributed by atoms with Crippen LogP contribution in [-0.4, -0.2) is 21.5 Å². The van der Waals surface area contributed by atoms with Crippen LogP contribution in [0.2, 0.25) is 0 Å². The first-order valence-electron chi connectivity index (χ1n) is 11.0. The number of aromatic nitrogens is 1. The SMILES string of the molecule is CCc1ccccc1-n1c(C)cc(/C=C2\C(=O)NC(=S)N(c3cc(C)cc(C)c3)C2=O)c1C. The molecule has 1 aliphatic heterocycles. The Hall–Kier alpha value is -3.51. The number of aryl methyl sites for hydroxylation is 4. The molecule has 4 rings (SSSR count). The van der Waals surface area contributed by atoms with E-state index < -0.39 is 11.8 Å². The minimum atomic E-state index is -0.482. The number of hydrogen-bond donors (Lipinski definition) is 1. The molecule has 0 aliphatic carbocycles. The third kappa shape index (κ3) is 4.14. The van der Waals surface area contributed by atoms with Gasteiger partial charge in [-0.25, -0.2) is 0 Å². The summed E-state index contributed by atoms with van der Waals surface area (Å²) >= 11 is 5.35. The van der Waals surface area contributed by atoms with Crippen molar-refractivity contribution in [3.05, 3.63) is 87.7 Å². The second-order valence-electron chi connectivity index (χ2n) is 8.45. The molecule has 0 bridgehead atoms. The van der Waals surface area contributed by atoms with E-state index in [4.69, 9.17) is 12.2 Å². The number of nitrogens with one attached hydrogen (secondary N) is 1. The van der Waals surface area contributed by atoms with Gasteiger partial charge in [-0.2, -0.15) is 0 Å². The minimum Gasteiger partial charge on any atom is -0.318 e. The highest BCUT2D eigenvalue weighted by atomic mass is 32.1. The molecular weight excluding hydrogens is 430 g/mol. The summed E-state index contributed by atoms with van der Waals surface area (Å²) in [5.74, 6) is -0.906. The summed E-state index contributed by atoms with van der Waals surface area (Å²) in [7, 11) is 0. The first-order valence-corrected chi connectivity index (χ1v) is 11.4. The largest absolute Gasteiger partial charge is 0.318 e. The van der Waals surface area contributed by atoms with Crippen LogP contribution in [0.25, 0.3) is 11.8 Å². The van der Waals surface area contributed by atoms with E-state index in [0.717, 1.165) is 40.2 Å². The summed E-state index contributed by atoms with van der Waals surface area (Å²) in [4.78, 5) is 27.6. The van der Waals surface area contributed by atoms with Crippen molar-refractivity contribution in [3.63, 3.8) is 0 Å². The van der Waals surface area contributed by atoms with E-state index in [1.54, 1.807) is 6.08 Å². The maximum atomic E-state index is 13.4. The van der Waals surface area contributed by atoms with E-state index in [2.05, 4.69) is 28.9 Å². The number of rotatable bonds is 4. The fourth-order valence-electron chi connectivity index (χ4n) is 4.46. The van der Waals surface area contributed by atoms with Gasteiger partial charge in [0.15, 0.2) is 5.11 Å². The average Bonchev–Trinajstić information content (AvgIpc) is 3.03. The van der Waals surface area contributed by atoms with Gasteiger partial charge in [0.1, 0.15) is 5.57 Å². The highest BCUT2D eigenvalue weighted by molar-refractivity contribution is 7.80. The molecule has 0 radical (unpaired) electrons. The number of hydrogen-bond acceptors (Lipinski definition) is 3. The topological polar surface area (TPSA) is 54.3 Å². The van der Waals surface area contributed by atoms with Crippen LogP contribution in [0.1, 0.15) is 40.6 Å². The summed E-state index contributed by atoms with van der Waals surface area (Å²) in [6, 6.07) is 16.1. The molecule has 1 N–H and O–H groups in total. The van der Waals surface area contributed by atoms with Gasteiger partial charge in [-0.3, -0.25) is 19.8 Å². The van der Waals surface area contributed by atoms with Crippen molar-refractivity contribution in [2.45, 2.75) is 41.0 Å². The predicted molar refractivity (Wildman–Crippen MR) is 137 cm³/mol. The zero-order valence-corrected chi connectivity index (χ0v) is 20.3. The van der Waals surface area contributed by atoms with Crippen molar-refractivity contribution in [1.29, 1.82) is 0 Å². The van der Waals surface area contributed by atoms with E-state index >= 15 is 0 Å². The molecule has 5 nitrogen and oxygen atoms in total. The predicted octanol–water partition coefficient (Wildman–Crippen LogP) is 5.10. The molecule has 1 aromatic heterocycles. The second kappa shape index (κ2) is 8.79. The zero-order chi connectivity index (χ0) is 23.9. The van der Waals surface area contributed by atoms with Gasteiger partial charge in [0.2, 0.25) is 0 Å². The van der Waals surface area contributed by atoms with Crippen molar-refractivity contribution in [1.82, 2.24) is 9.88 Å². The van der Waals surface area contributed by atoms with Crippen molar-refractivity contribution >= 4 is 40.9 Å². The Bertz CT molecular complexity index is 1310. The molecular formula is C27H27N3O2S.